The minimum Gasteiger partial charge on any atom is -0.504 e. The number of aryl methyl sites for hydroxylation is 1. The molecule has 1 saturated heterocycles. The lowest BCUT2D eigenvalue weighted by atomic mass is 9.44. The number of para-hydroxylation sites is 1. The minimum absolute atomic E-state index is 0.123. The number of carbonyl (C=O) groups excluding carboxylic acids is 4. The van der Waals surface area contributed by atoms with Gasteiger partial charge in [-0.25, -0.2) is 0 Å². The third kappa shape index (κ3) is 4.49. The smallest absolute Gasteiger partial charge is 0.238 e. The Morgan fingerprint density at radius 2 is 1.52 bits per heavy atom. The maximum Gasteiger partial charge on any atom is 0.238 e. The van der Waals surface area contributed by atoms with Crippen molar-refractivity contribution < 1.29 is 29.0 Å². The highest BCUT2D eigenvalue weighted by Crippen LogP contribution is 2.65. The SMILES string of the molecule is CCc1ccc(N2C(=O)[C@H]3[C@H](CC=C4[C@H]3C[C@H]3C(=O)C(c5ccccc5)=CC(=O)[C@@]3(c3ccccc3)[C@H]4c3cccc(OC)c3O)C2=O)cc1. The molecule has 2 fully saturated rings. The number of carbonyl (C=O) groups is 4. The van der Waals surface area contributed by atoms with E-state index in [9.17, 15) is 14.7 Å². The van der Waals surface area contributed by atoms with E-state index < -0.39 is 35.0 Å². The molecule has 250 valence electrons. The Kier molecular flexibility index (Phi) is 7.66. The van der Waals surface area contributed by atoms with Gasteiger partial charge in [0.05, 0.1) is 30.0 Å². The number of phenolic OH excluding ortho intramolecular Hbond substituents is 1. The predicted molar refractivity (Wildman–Crippen MR) is 190 cm³/mol. The second-order valence-corrected chi connectivity index (χ2v) is 13.7. The number of phenols is 1. The monoisotopic (exact) mass is 663 g/mol. The third-order valence-corrected chi connectivity index (χ3v) is 11.5. The lowest BCUT2D eigenvalue weighted by Crippen LogP contribution is -2.58. The van der Waals surface area contributed by atoms with E-state index in [1.807, 2.05) is 97.9 Å². The second-order valence-electron chi connectivity index (χ2n) is 13.7. The standard InChI is InChI=1S/C43H37NO6/c1-3-25-17-19-28(20-18-25)44-41(48)30-22-21-29-33(37(30)42(44)49)23-34-39(46)32(26-11-6-4-7-12-26)24-36(45)43(34,27-13-8-5-9-14-27)38(29)31-15-10-16-35(50-2)40(31)47/h4-21,24,30,33-34,37-38,47H,3,22-23H2,1-2H3/t30-,33+,34-,37-,38+,43-/m0/s1. The van der Waals surface area contributed by atoms with Crippen LogP contribution in [0.2, 0.25) is 0 Å². The fourth-order valence-electron chi connectivity index (χ4n) is 9.29. The quantitative estimate of drug-likeness (QED) is 0.176. The summed E-state index contributed by atoms with van der Waals surface area (Å²) in [6.07, 6.45) is 4.80. The fourth-order valence-corrected chi connectivity index (χ4v) is 9.29. The van der Waals surface area contributed by atoms with Crippen molar-refractivity contribution in [3.63, 3.8) is 0 Å². The maximum atomic E-state index is 15.1. The second kappa shape index (κ2) is 12.1. The van der Waals surface area contributed by atoms with Crippen LogP contribution in [0.4, 0.5) is 5.69 Å². The Morgan fingerprint density at radius 1 is 0.820 bits per heavy atom. The first-order chi connectivity index (χ1) is 24.3. The number of Topliss-reactive ketones (excluding diaryl/α,β-unsaturated/α-hetero) is 1. The molecular formula is C43H37NO6. The van der Waals surface area contributed by atoms with Gasteiger partial charge in [-0.1, -0.05) is 104 Å². The molecule has 0 bridgehead atoms. The number of benzene rings is 4. The molecule has 0 aromatic heterocycles. The van der Waals surface area contributed by atoms with Crippen molar-refractivity contribution in [2.75, 3.05) is 12.0 Å². The topological polar surface area (TPSA) is 101 Å². The Hall–Kier alpha value is -5.56. The van der Waals surface area contributed by atoms with Gasteiger partial charge in [-0.2, -0.15) is 0 Å². The molecule has 4 aliphatic rings. The molecule has 6 atom stereocenters. The Balaban J connectivity index is 1.36. The van der Waals surface area contributed by atoms with Crippen LogP contribution in [0.15, 0.2) is 121 Å². The summed E-state index contributed by atoms with van der Waals surface area (Å²) in [5, 5.41) is 11.8. The average molecular weight is 664 g/mol. The average Bonchev–Trinajstić information content (AvgIpc) is 3.42. The molecule has 1 aliphatic heterocycles. The van der Waals surface area contributed by atoms with Crippen molar-refractivity contribution in [1.82, 2.24) is 0 Å². The number of methoxy groups -OCH3 is 1. The number of allylic oxidation sites excluding steroid dienone is 4. The van der Waals surface area contributed by atoms with Gasteiger partial charge in [0.15, 0.2) is 23.1 Å². The summed E-state index contributed by atoms with van der Waals surface area (Å²) < 4.78 is 5.55. The van der Waals surface area contributed by atoms with Gasteiger partial charge in [-0.05, 0) is 66.1 Å². The molecule has 4 aromatic carbocycles. The minimum atomic E-state index is -1.43. The Bertz CT molecular complexity index is 2100. The molecule has 50 heavy (non-hydrogen) atoms. The third-order valence-electron chi connectivity index (χ3n) is 11.5. The molecule has 7 heteroatoms. The van der Waals surface area contributed by atoms with Crippen LogP contribution in [-0.2, 0) is 31.0 Å². The molecule has 1 N–H and O–H groups in total. The number of nitrogens with zero attached hydrogens (tertiary/aromatic N) is 1. The first-order valence-corrected chi connectivity index (χ1v) is 17.2. The number of anilines is 1. The van der Waals surface area contributed by atoms with Crippen LogP contribution in [0.3, 0.4) is 0 Å². The molecule has 0 radical (unpaired) electrons. The first kappa shape index (κ1) is 31.7. The van der Waals surface area contributed by atoms with Crippen molar-refractivity contribution in [2.45, 2.75) is 37.5 Å². The summed E-state index contributed by atoms with van der Waals surface area (Å²) in [5.74, 6) is -4.46. The molecule has 0 spiro atoms. The number of aromatic hydroxyl groups is 1. The van der Waals surface area contributed by atoms with Crippen LogP contribution in [0.1, 0.15) is 47.9 Å². The van der Waals surface area contributed by atoms with Gasteiger partial charge in [0, 0.05) is 23.0 Å². The predicted octanol–water partition coefficient (Wildman–Crippen LogP) is 6.99. The molecule has 0 unspecified atom stereocenters. The highest BCUT2D eigenvalue weighted by atomic mass is 16.5. The molecule has 1 saturated carbocycles. The van der Waals surface area contributed by atoms with Gasteiger partial charge in [-0.3, -0.25) is 24.1 Å². The molecule has 3 aliphatic carbocycles. The fraction of sp³-hybridized carbons (Fsp3) is 0.256. The number of hydrogen-bond donors (Lipinski definition) is 1. The van der Waals surface area contributed by atoms with E-state index in [2.05, 4.69) is 0 Å². The summed E-state index contributed by atoms with van der Waals surface area (Å²) in [7, 11) is 1.47. The number of hydrogen-bond acceptors (Lipinski definition) is 6. The number of amides is 2. The van der Waals surface area contributed by atoms with E-state index in [1.165, 1.54) is 18.1 Å². The summed E-state index contributed by atoms with van der Waals surface area (Å²) in [6.45, 7) is 2.05. The molecular weight excluding hydrogens is 626 g/mol. The normalized spacial score (nSPS) is 27.2. The zero-order valence-corrected chi connectivity index (χ0v) is 27.9. The van der Waals surface area contributed by atoms with Crippen LogP contribution in [-0.4, -0.2) is 35.6 Å². The van der Waals surface area contributed by atoms with Crippen molar-refractivity contribution in [3.8, 4) is 11.5 Å². The Labute approximate surface area is 290 Å². The number of rotatable bonds is 6. The summed E-state index contributed by atoms with van der Waals surface area (Å²) in [4.78, 5) is 60.1. The summed E-state index contributed by atoms with van der Waals surface area (Å²) in [5.41, 5.74) is 3.05. The number of ketones is 2. The van der Waals surface area contributed by atoms with Gasteiger partial charge in [0.2, 0.25) is 11.8 Å². The van der Waals surface area contributed by atoms with Crippen LogP contribution in [0.25, 0.3) is 5.57 Å². The molecule has 4 aromatic rings. The number of imide groups is 1. The summed E-state index contributed by atoms with van der Waals surface area (Å²) >= 11 is 0. The molecule has 1 heterocycles. The summed E-state index contributed by atoms with van der Waals surface area (Å²) in [6, 6.07) is 31.2. The van der Waals surface area contributed by atoms with Gasteiger partial charge in [0.25, 0.3) is 0 Å². The maximum absolute atomic E-state index is 15.1. The van der Waals surface area contributed by atoms with E-state index in [1.54, 1.807) is 18.2 Å². The van der Waals surface area contributed by atoms with E-state index in [0.29, 0.717) is 34.4 Å². The lowest BCUT2D eigenvalue weighted by Gasteiger charge is -2.55. The van der Waals surface area contributed by atoms with Crippen molar-refractivity contribution in [2.24, 2.45) is 23.7 Å². The van der Waals surface area contributed by atoms with Crippen LogP contribution < -0.4 is 9.64 Å². The highest BCUT2D eigenvalue weighted by molar-refractivity contribution is 6.32. The van der Waals surface area contributed by atoms with E-state index in [4.69, 9.17) is 4.74 Å². The number of fused-ring (bicyclic) bond motifs is 4. The van der Waals surface area contributed by atoms with Crippen LogP contribution in [0, 0.1) is 23.7 Å². The molecule has 7 nitrogen and oxygen atoms in total. The molecule has 8 rings (SSSR count). The van der Waals surface area contributed by atoms with E-state index in [0.717, 1.165) is 17.6 Å². The van der Waals surface area contributed by atoms with E-state index >= 15 is 9.59 Å². The van der Waals surface area contributed by atoms with Crippen LogP contribution >= 0.6 is 0 Å². The highest BCUT2D eigenvalue weighted by Gasteiger charge is 2.66. The van der Waals surface area contributed by atoms with Crippen LogP contribution in [0.5, 0.6) is 11.5 Å². The van der Waals surface area contributed by atoms with Gasteiger partial charge >= 0.3 is 0 Å². The number of ether oxygens (including phenoxy) is 1. The zero-order chi connectivity index (χ0) is 34.7. The van der Waals surface area contributed by atoms with Crippen molar-refractivity contribution in [1.29, 1.82) is 0 Å². The van der Waals surface area contributed by atoms with Gasteiger partial charge in [-0.15, -0.1) is 0 Å². The lowest BCUT2D eigenvalue weighted by molar-refractivity contribution is -0.135. The van der Waals surface area contributed by atoms with Crippen molar-refractivity contribution in [3.05, 3.63) is 143 Å². The largest absolute Gasteiger partial charge is 0.504 e. The van der Waals surface area contributed by atoms with E-state index in [-0.39, 0.29) is 41.3 Å². The first-order valence-electron chi connectivity index (χ1n) is 17.2. The van der Waals surface area contributed by atoms with Gasteiger partial charge in [0.1, 0.15) is 0 Å². The van der Waals surface area contributed by atoms with Gasteiger partial charge < -0.3 is 9.84 Å². The Morgan fingerprint density at radius 3 is 2.20 bits per heavy atom. The molecule has 2 amide bonds. The zero-order valence-electron chi connectivity index (χ0n) is 27.9. The van der Waals surface area contributed by atoms with Crippen molar-refractivity contribution >= 4 is 34.6 Å².